The molecule has 0 bridgehead atoms. The number of ether oxygens (including phenoxy) is 3. The van der Waals surface area contributed by atoms with E-state index in [1.807, 2.05) is 0 Å². The van der Waals surface area contributed by atoms with Crippen LogP contribution in [0.25, 0.3) is 0 Å². The molecular formula is C18H25NO7. The summed E-state index contributed by atoms with van der Waals surface area (Å²) in [6.07, 6.45) is 1.24. The van der Waals surface area contributed by atoms with Crippen LogP contribution in [0, 0.1) is 0 Å². The second kappa shape index (κ2) is 12.7. The van der Waals surface area contributed by atoms with E-state index in [0.717, 1.165) is 0 Å². The Morgan fingerprint density at radius 1 is 0.962 bits per heavy atom. The summed E-state index contributed by atoms with van der Waals surface area (Å²) in [7, 11) is 0. The van der Waals surface area contributed by atoms with Crippen LogP contribution in [-0.2, 0) is 23.9 Å². The first-order chi connectivity index (χ1) is 12.5. The quantitative estimate of drug-likeness (QED) is 0.406. The highest BCUT2D eigenvalue weighted by atomic mass is 16.6. The van der Waals surface area contributed by atoms with Gasteiger partial charge in [-0.2, -0.15) is 0 Å². The third kappa shape index (κ3) is 11.0. The average molecular weight is 367 g/mol. The Hall–Kier alpha value is -2.61. The van der Waals surface area contributed by atoms with Gasteiger partial charge in [-0.1, -0.05) is 0 Å². The molecule has 26 heavy (non-hydrogen) atoms. The van der Waals surface area contributed by atoms with Crippen LogP contribution in [0.3, 0.4) is 0 Å². The molecule has 0 heterocycles. The molecule has 1 aromatic carbocycles. The molecule has 0 spiro atoms. The Morgan fingerprint density at radius 2 is 1.62 bits per heavy atom. The van der Waals surface area contributed by atoms with E-state index in [1.54, 1.807) is 24.3 Å². The molecule has 0 saturated carbocycles. The second-order valence-corrected chi connectivity index (χ2v) is 5.49. The molecule has 0 radical (unpaired) electrons. The van der Waals surface area contributed by atoms with Crippen molar-refractivity contribution < 1.29 is 33.7 Å². The lowest BCUT2D eigenvalue weighted by molar-refractivity contribution is -0.145. The Bertz CT molecular complexity index is 571. The molecule has 1 amide bonds. The van der Waals surface area contributed by atoms with E-state index in [9.17, 15) is 14.4 Å². The Labute approximate surface area is 152 Å². The summed E-state index contributed by atoms with van der Waals surface area (Å²) in [6.45, 7) is 2.57. The largest absolute Gasteiger partial charge is 0.491 e. The van der Waals surface area contributed by atoms with Crippen molar-refractivity contribution in [1.82, 2.24) is 0 Å². The fourth-order valence-electron chi connectivity index (χ4n) is 1.99. The smallest absolute Gasteiger partial charge is 0.305 e. The van der Waals surface area contributed by atoms with Crippen molar-refractivity contribution in [3.63, 3.8) is 0 Å². The van der Waals surface area contributed by atoms with Crippen LogP contribution in [0.15, 0.2) is 24.3 Å². The van der Waals surface area contributed by atoms with Crippen molar-refractivity contribution in [2.75, 3.05) is 31.7 Å². The SMILES string of the molecule is CC(=O)Nc1ccc(OCCOCCOC(=O)CCCCC(=O)O)cc1. The minimum absolute atomic E-state index is 0.0619. The van der Waals surface area contributed by atoms with Gasteiger partial charge in [0.2, 0.25) is 5.91 Å². The molecule has 0 unspecified atom stereocenters. The van der Waals surface area contributed by atoms with Crippen LogP contribution in [0.5, 0.6) is 5.75 Å². The van der Waals surface area contributed by atoms with E-state index < -0.39 is 5.97 Å². The van der Waals surface area contributed by atoms with Gasteiger partial charge in [-0.15, -0.1) is 0 Å². The van der Waals surface area contributed by atoms with E-state index in [4.69, 9.17) is 19.3 Å². The number of carboxylic acids is 1. The van der Waals surface area contributed by atoms with Gasteiger partial charge < -0.3 is 24.6 Å². The van der Waals surface area contributed by atoms with Crippen LogP contribution in [0.1, 0.15) is 32.6 Å². The maximum Gasteiger partial charge on any atom is 0.305 e. The number of carbonyl (C=O) groups excluding carboxylic acids is 2. The van der Waals surface area contributed by atoms with Gasteiger partial charge in [-0.05, 0) is 37.1 Å². The summed E-state index contributed by atoms with van der Waals surface area (Å²) in [5, 5.41) is 11.1. The highest BCUT2D eigenvalue weighted by molar-refractivity contribution is 5.88. The number of hydrogen-bond acceptors (Lipinski definition) is 6. The maximum absolute atomic E-state index is 11.4. The van der Waals surface area contributed by atoms with E-state index in [0.29, 0.717) is 37.5 Å². The molecule has 0 atom stereocenters. The van der Waals surface area contributed by atoms with Crippen LogP contribution < -0.4 is 10.1 Å². The zero-order valence-corrected chi connectivity index (χ0v) is 14.9. The third-order valence-electron chi connectivity index (χ3n) is 3.18. The van der Waals surface area contributed by atoms with Crippen LogP contribution in [0.4, 0.5) is 5.69 Å². The molecule has 0 aliphatic heterocycles. The minimum Gasteiger partial charge on any atom is -0.491 e. The highest BCUT2D eigenvalue weighted by Crippen LogP contribution is 2.15. The number of benzene rings is 1. The number of esters is 1. The molecule has 8 nitrogen and oxygen atoms in total. The predicted octanol–water partition coefficient (Wildman–Crippen LogP) is 2.23. The van der Waals surface area contributed by atoms with Crippen LogP contribution in [0.2, 0.25) is 0 Å². The monoisotopic (exact) mass is 367 g/mol. The minimum atomic E-state index is -0.863. The summed E-state index contributed by atoms with van der Waals surface area (Å²) in [6, 6.07) is 6.98. The standard InChI is InChI=1S/C18H25NO7/c1-14(20)19-15-6-8-16(9-7-15)25-12-10-24-11-13-26-18(23)5-3-2-4-17(21)22/h6-9H,2-5,10-13H2,1H3,(H,19,20)(H,21,22). The molecule has 1 rings (SSSR count). The number of anilines is 1. The van der Waals surface area contributed by atoms with Crippen molar-refractivity contribution in [1.29, 1.82) is 0 Å². The number of aliphatic carboxylic acids is 1. The van der Waals surface area contributed by atoms with Gasteiger partial charge in [-0.3, -0.25) is 14.4 Å². The first kappa shape index (κ1) is 21.4. The maximum atomic E-state index is 11.4. The van der Waals surface area contributed by atoms with Crippen LogP contribution >= 0.6 is 0 Å². The van der Waals surface area contributed by atoms with Gasteiger partial charge in [0, 0.05) is 25.5 Å². The number of rotatable bonds is 13. The van der Waals surface area contributed by atoms with E-state index >= 15 is 0 Å². The van der Waals surface area contributed by atoms with E-state index in [1.165, 1.54) is 6.92 Å². The van der Waals surface area contributed by atoms with Gasteiger partial charge >= 0.3 is 11.9 Å². The van der Waals surface area contributed by atoms with Gasteiger partial charge in [0.05, 0.1) is 13.2 Å². The average Bonchev–Trinajstić information content (AvgIpc) is 2.58. The van der Waals surface area contributed by atoms with Gasteiger partial charge in [0.1, 0.15) is 19.0 Å². The molecule has 0 aliphatic rings. The lowest BCUT2D eigenvalue weighted by atomic mass is 10.2. The van der Waals surface area contributed by atoms with Crippen molar-refractivity contribution in [3.8, 4) is 5.75 Å². The van der Waals surface area contributed by atoms with E-state index in [2.05, 4.69) is 5.32 Å². The Morgan fingerprint density at radius 3 is 2.27 bits per heavy atom. The molecule has 0 fully saturated rings. The van der Waals surface area contributed by atoms with Gasteiger partial charge in [0.25, 0.3) is 0 Å². The fourth-order valence-corrected chi connectivity index (χ4v) is 1.99. The number of hydrogen-bond donors (Lipinski definition) is 2. The van der Waals surface area contributed by atoms with Crippen molar-refractivity contribution in [2.45, 2.75) is 32.6 Å². The summed E-state index contributed by atoms with van der Waals surface area (Å²) in [5.41, 5.74) is 0.700. The number of nitrogens with one attached hydrogen (secondary N) is 1. The normalized spacial score (nSPS) is 10.2. The zero-order valence-electron chi connectivity index (χ0n) is 14.9. The van der Waals surface area contributed by atoms with Crippen molar-refractivity contribution in [2.24, 2.45) is 0 Å². The molecule has 2 N–H and O–H groups in total. The molecular weight excluding hydrogens is 342 g/mol. The fraction of sp³-hybridized carbons (Fsp3) is 0.500. The predicted molar refractivity (Wildman–Crippen MR) is 94.1 cm³/mol. The number of carbonyl (C=O) groups is 3. The molecule has 8 heteroatoms. The number of carboxylic acid groups (broad SMARTS) is 1. The topological polar surface area (TPSA) is 111 Å². The molecule has 0 saturated heterocycles. The zero-order chi connectivity index (χ0) is 19.2. The highest BCUT2D eigenvalue weighted by Gasteiger charge is 2.04. The lowest BCUT2D eigenvalue weighted by Crippen LogP contribution is -2.13. The second-order valence-electron chi connectivity index (χ2n) is 5.49. The molecule has 0 aliphatic carbocycles. The van der Waals surface area contributed by atoms with Crippen molar-refractivity contribution >= 4 is 23.5 Å². The lowest BCUT2D eigenvalue weighted by Gasteiger charge is -2.09. The summed E-state index contributed by atoms with van der Waals surface area (Å²) in [5.74, 6) is -0.685. The third-order valence-corrected chi connectivity index (χ3v) is 3.18. The number of unbranched alkanes of at least 4 members (excludes halogenated alkanes) is 1. The first-order valence-corrected chi connectivity index (χ1v) is 8.43. The van der Waals surface area contributed by atoms with Gasteiger partial charge in [0.15, 0.2) is 0 Å². The molecule has 0 aromatic heterocycles. The summed E-state index contributed by atoms with van der Waals surface area (Å²) in [4.78, 5) is 32.6. The Kier molecular flexibility index (Phi) is 10.5. The number of amides is 1. The van der Waals surface area contributed by atoms with Gasteiger partial charge in [-0.25, -0.2) is 0 Å². The van der Waals surface area contributed by atoms with Crippen molar-refractivity contribution in [3.05, 3.63) is 24.3 Å². The molecule has 144 valence electrons. The Balaban J connectivity index is 1.99. The summed E-state index contributed by atoms with van der Waals surface area (Å²) >= 11 is 0. The molecule has 1 aromatic rings. The summed E-state index contributed by atoms with van der Waals surface area (Å²) < 4.78 is 15.8. The van der Waals surface area contributed by atoms with Crippen LogP contribution in [-0.4, -0.2) is 49.4 Å². The first-order valence-electron chi connectivity index (χ1n) is 8.43. The van der Waals surface area contributed by atoms with E-state index in [-0.39, 0.29) is 37.9 Å².